The summed E-state index contributed by atoms with van der Waals surface area (Å²) in [6.45, 7) is 0. The van der Waals surface area contributed by atoms with Crippen molar-refractivity contribution in [1.29, 1.82) is 0 Å². The molecule has 0 saturated heterocycles. The predicted molar refractivity (Wildman–Crippen MR) is 102 cm³/mol. The van der Waals surface area contributed by atoms with Crippen LogP contribution in [0, 0.1) is 5.82 Å². The van der Waals surface area contributed by atoms with E-state index in [1.165, 1.54) is 24.3 Å². The monoisotopic (exact) mass is 418 g/mol. The second kappa shape index (κ2) is 7.57. The lowest BCUT2D eigenvalue weighted by atomic mass is 10.1. The molecule has 3 aromatic rings. The SMILES string of the molecule is COc1cc(NC(=O)Nc2ccc(F)cc2)cc(-c2c(Br)cnn2C)c1. The van der Waals surface area contributed by atoms with E-state index in [0.717, 1.165) is 15.7 Å². The minimum absolute atomic E-state index is 0.366. The maximum Gasteiger partial charge on any atom is 0.323 e. The van der Waals surface area contributed by atoms with Crippen molar-refractivity contribution in [3.63, 3.8) is 0 Å². The highest BCUT2D eigenvalue weighted by Gasteiger charge is 2.13. The summed E-state index contributed by atoms with van der Waals surface area (Å²) in [5.74, 6) is 0.225. The van der Waals surface area contributed by atoms with Crippen LogP contribution in [0.3, 0.4) is 0 Å². The Labute approximate surface area is 158 Å². The summed E-state index contributed by atoms with van der Waals surface area (Å²) in [5, 5.41) is 9.60. The number of ether oxygens (including phenoxy) is 1. The van der Waals surface area contributed by atoms with Crippen LogP contribution in [0.4, 0.5) is 20.6 Å². The van der Waals surface area contributed by atoms with E-state index in [0.29, 0.717) is 17.1 Å². The minimum atomic E-state index is -0.445. The number of carbonyl (C=O) groups excluding carboxylic acids is 1. The molecule has 0 radical (unpaired) electrons. The number of aromatic nitrogens is 2. The zero-order chi connectivity index (χ0) is 18.7. The molecule has 134 valence electrons. The van der Waals surface area contributed by atoms with Crippen LogP contribution in [-0.2, 0) is 7.05 Å². The summed E-state index contributed by atoms with van der Waals surface area (Å²) in [6, 6.07) is 10.5. The number of amides is 2. The summed E-state index contributed by atoms with van der Waals surface area (Å²) in [5.41, 5.74) is 2.72. The van der Waals surface area contributed by atoms with Crippen LogP contribution in [0.25, 0.3) is 11.3 Å². The molecule has 26 heavy (non-hydrogen) atoms. The van der Waals surface area contributed by atoms with E-state index in [9.17, 15) is 9.18 Å². The van der Waals surface area contributed by atoms with Crippen LogP contribution in [0.5, 0.6) is 5.75 Å². The van der Waals surface area contributed by atoms with Crippen LogP contribution in [0.1, 0.15) is 0 Å². The zero-order valence-electron chi connectivity index (χ0n) is 14.1. The van der Waals surface area contributed by atoms with Crippen LogP contribution < -0.4 is 15.4 Å². The van der Waals surface area contributed by atoms with E-state index in [2.05, 4.69) is 31.7 Å². The predicted octanol–water partition coefficient (Wildman–Crippen LogP) is 4.64. The highest BCUT2D eigenvalue weighted by Crippen LogP contribution is 2.32. The number of hydrogen-bond acceptors (Lipinski definition) is 3. The van der Waals surface area contributed by atoms with Gasteiger partial charge in [-0.1, -0.05) is 0 Å². The molecule has 8 heteroatoms. The fourth-order valence-electron chi connectivity index (χ4n) is 2.49. The van der Waals surface area contributed by atoms with Gasteiger partial charge < -0.3 is 15.4 Å². The standard InChI is InChI=1S/C18H16BrFN4O2/c1-24-17(16(19)10-21-24)11-7-14(9-15(8-11)26-2)23-18(25)22-13-5-3-12(20)4-6-13/h3-10H,1-2H3,(H2,22,23,25). The Bertz CT molecular complexity index is 921. The molecular weight excluding hydrogens is 403 g/mol. The molecule has 0 bridgehead atoms. The number of nitrogens with zero attached hydrogens (tertiary/aromatic N) is 2. The van der Waals surface area contributed by atoms with Crippen LogP contribution in [-0.4, -0.2) is 22.9 Å². The molecule has 0 unspecified atom stereocenters. The van der Waals surface area contributed by atoms with Gasteiger partial charge in [0.15, 0.2) is 0 Å². The first-order valence-electron chi connectivity index (χ1n) is 7.67. The molecule has 0 fully saturated rings. The minimum Gasteiger partial charge on any atom is -0.497 e. The van der Waals surface area contributed by atoms with Crippen molar-refractivity contribution in [2.24, 2.45) is 7.05 Å². The largest absolute Gasteiger partial charge is 0.497 e. The van der Waals surface area contributed by atoms with E-state index in [-0.39, 0.29) is 5.82 Å². The van der Waals surface area contributed by atoms with E-state index >= 15 is 0 Å². The topological polar surface area (TPSA) is 68.2 Å². The van der Waals surface area contributed by atoms with Gasteiger partial charge in [-0.05, 0) is 52.3 Å². The molecule has 0 saturated carbocycles. The molecule has 6 nitrogen and oxygen atoms in total. The maximum atomic E-state index is 12.9. The van der Waals surface area contributed by atoms with Gasteiger partial charge in [-0.25, -0.2) is 9.18 Å². The highest BCUT2D eigenvalue weighted by molar-refractivity contribution is 9.10. The number of rotatable bonds is 4. The van der Waals surface area contributed by atoms with Crippen LogP contribution in [0.15, 0.2) is 53.1 Å². The van der Waals surface area contributed by atoms with Gasteiger partial charge in [0.25, 0.3) is 0 Å². The van der Waals surface area contributed by atoms with E-state index < -0.39 is 6.03 Å². The van der Waals surface area contributed by atoms with E-state index in [4.69, 9.17) is 4.74 Å². The number of benzene rings is 2. The summed E-state index contributed by atoms with van der Waals surface area (Å²) in [7, 11) is 3.38. The number of nitrogens with one attached hydrogen (secondary N) is 2. The van der Waals surface area contributed by atoms with Gasteiger partial charge >= 0.3 is 6.03 Å². The highest BCUT2D eigenvalue weighted by atomic mass is 79.9. The fourth-order valence-corrected chi connectivity index (χ4v) is 3.07. The van der Waals surface area contributed by atoms with Crippen molar-refractivity contribution >= 4 is 33.3 Å². The summed E-state index contributed by atoms with van der Waals surface area (Å²) < 4.78 is 20.8. The Morgan fingerprint density at radius 3 is 2.46 bits per heavy atom. The third-order valence-corrected chi connectivity index (χ3v) is 4.25. The Morgan fingerprint density at radius 2 is 1.85 bits per heavy atom. The molecular formula is C18H16BrFN4O2. The molecule has 2 amide bonds. The van der Waals surface area contributed by atoms with Gasteiger partial charge in [0.2, 0.25) is 0 Å². The van der Waals surface area contributed by atoms with Crippen LogP contribution >= 0.6 is 15.9 Å². The molecule has 2 aromatic carbocycles. The second-order valence-corrected chi connectivity index (χ2v) is 6.36. The third-order valence-electron chi connectivity index (χ3n) is 3.67. The first kappa shape index (κ1) is 17.9. The average molecular weight is 419 g/mol. The van der Waals surface area contributed by atoms with E-state index in [1.54, 1.807) is 24.1 Å². The normalized spacial score (nSPS) is 10.5. The molecule has 1 heterocycles. The Kier molecular flexibility index (Phi) is 5.22. The number of aryl methyl sites for hydroxylation is 1. The second-order valence-electron chi connectivity index (χ2n) is 5.50. The van der Waals surface area contributed by atoms with Gasteiger partial charge in [-0.3, -0.25) is 4.68 Å². The number of urea groups is 1. The zero-order valence-corrected chi connectivity index (χ0v) is 15.7. The summed E-state index contributed by atoms with van der Waals surface area (Å²) in [4.78, 5) is 12.2. The lowest BCUT2D eigenvalue weighted by Crippen LogP contribution is -2.19. The van der Waals surface area contributed by atoms with Crippen molar-refractivity contribution in [3.8, 4) is 17.0 Å². The van der Waals surface area contributed by atoms with Gasteiger partial charge in [0.1, 0.15) is 11.6 Å². The Hall–Kier alpha value is -2.87. The van der Waals surface area contributed by atoms with Gasteiger partial charge in [-0.2, -0.15) is 5.10 Å². The number of hydrogen-bond donors (Lipinski definition) is 2. The third kappa shape index (κ3) is 4.02. The van der Waals surface area contributed by atoms with Gasteiger partial charge in [-0.15, -0.1) is 0 Å². The average Bonchev–Trinajstić information content (AvgIpc) is 2.95. The Balaban J connectivity index is 1.84. The number of halogens is 2. The van der Waals surface area contributed by atoms with E-state index in [1.807, 2.05) is 19.2 Å². The summed E-state index contributed by atoms with van der Waals surface area (Å²) >= 11 is 3.47. The first-order chi connectivity index (χ1) is 12.5. The molecule has 2 N–H and O–H groups in total. The van der Waals surface area contributed by atoms with Crippen molar-refractivity contribution in [3.05, 3.63) is 59.0 Å². The lowest BCUT2D eigenvalue weighted by molar-refractivity contribution is 0.262. The molecule has 0 atom stereocenters. The van der Waals surface area contributed by atoms with Crippen molar-refractivity contribution in [2.45, 2.75) is 0 Å². The van der Waals surface area contributed by atoms with Gasteiger partial charge in [0, 0.05) is 30.1 Å². The van der Waals surface area contributed by atoms with Crippen molar-refractivity contribution in [1.82, 2.24) is 9.78 Å². The van der Waals surface area contributed by atoms with Crippen LogP contribution in [0.2, 0.25) is 0 Å². The molecule has 0 aliphatic heterocycles. The first-order valence-corrected chi connectivity index (χ1v) is 8.46. The number of carbonyl (C=O) groups is 1. The number of anilines is 2. The molecule has 0 aliphatic rings. The molecule has 0 spiro atoms. The number of methoxy groups -OCH3 is 1. The smallest absolute Gasteiger partial charge is 0.323 e. The molecule has 1 aromatic heterocycles. The lowest BCUT2D eigenvalue weighted by Gasteiger charge is -2.12. The Morgan fingerprint density at radius 1 is 1.15 bits per heavy atom. The summed E-state index contributed by atoms with van der Waals surface area (Å²) in [6.07, 6.45) is 1.70. The molecule has 3 rings (SSSR count). The maximum absolute atomic E-state index is 12.9. The van der Waals surface area contributed by atoms with Crippen molar-refractivity contribution < 1.29 is 13.9 Å². The van der Waals surface area contributed by atoms with Gasteiger partial charge in [0.05, 0.1) is 23.5 Å². The molecule has 0 aliphatic carbocycles. The fraction of sp³-hybridized carbons (Fsp3) is 0.111. The quantitative estimate of drug-likeness (QED) is 0.648. The van der Waals surface area contributed by atoms with Crippen molar-refractivity contribution in [2.75, 3.05) is 17.7 Å².